The van der Waals surface area contributed by atoms with E-state index in [1.807, 2.05) is 6.07 Å². The van der Waals surface area contributed by atoms with Gasteiger partial charge in [-0.3, -0.25) is 0 Å². The van der Waals surface area contributed by atoms with Crippen molar-refractivity contribution in [2.24, 2.45) is 5.92 Å². The predicted molar refractivity (Wildman–Crippen MR) is 79.2 cm³/mol. The Morgan fingerprint density at radius 2 is 1.89 bits per heavy atom. The third-order valence-electron chi connectivity index (χ3n) is 4.01. The number of rotatable bonds is 4. The molecular formula is C15H23NO2S. The molecule has 0 bridgehead atoms. The molecule has 1 saturated carbocycles. The molecule has 106 valence electrons. The van der Waals surface area contributed by atoms with Crippen LogP contribution in [0.3, 0.4) is 0 Å². The summed E-state index contributed by atoms with van der Waals surface area (Å²) in [5.41, 5.74) is 0.904. The van der Waals surface area contributed by atoms with Gasteiger partial charge in [0.2, 0.25) is 0 Å². The molecule has 1 atom stereocenters. The minimum atomic E-state index is -3.13. The van der Waals surface area contributed by atoms with E-state index in [4.69, 9.17) is 0 Å². The van der Waals surface area contributed by atoms with Gasteiger partial charge in [0.15, 0.2) is 9.84 Å². The number of hydrogen-bond acceptors (Lipinski definition) is 3. The molecule has 0 radical (unpaired) electrons. The van der Waals surface area contributed by atoms with Gasteiger partial charge >= 0.3 is 0 Å². The monoisotopic (exact) mass is 281 g/mol. The molecule has 0 amide bonds. The lowest BCUT2D eigenvalue weighted by Crippen LogP contribution is -2.27. The highest BCUT2D eigenvalue weighted by Gasteiger charge is 2.20. The molecule has 1 aliphatic rings. The summed E-state index contributed by atoms with van der Waals surface area (Å²) >= 11 is 0. The van der Waals surface area contributed by atoms with Gasteiger partial charge in [-0.1, -0.05) is 25.3 Å². The minimum absolute atomic E-state index is 0.383. The maximum absolute atomic E-state index is 11.5. The SMILES string of the molecule is CC(Nc1cccc(S(C)(=O)=O)c1)C1CCCCC1. The Bertz CT molecular complexity index is 519. The smallest absolute Gasteiger partial charge is 0.175 e. The highest BCUT2D eigenvalue weighted by atomic mass is 32.2. The van der Waals surface area contributed by atoms with E-state index in [-0.39, 0.29) is 0 Å². The standard InChI is InChI=1S/C15H23NO2S/c1-12(13-7-4-3-5-8-13)16-14-9-6-10-15(11-14)19(2,17)18/h6,9-13,16H,3-5,7-8H2,1-2H3. The van der Waals surface area contributed by atoms with Crippen LogP contribution in [0.4, 0.5) is 5.69 Å². The number of nitrogens with one attached hydrogen (secondary N) is 1. The molecule has 0 spiro atoms. The van der Waals surface area contributed by atoms with E-state index < -0.39 is 9.84 Å². The highest BCUT2D eigenvalue weighted by molar-refractivity contribution is 7.90. The van der Waals surface area contributed by atoms with Crippen molar-refractivity contribution in [3.63, 3.8) is 0 Å². The molecule has 1 aromatic carbocycles. The van der Waals surface area contributed by atoms with E-state index in [1.54, 1.807) is 18.2 Å². The zero-order valence-corrected chi connectivity index (χ0v) is 12.5. The number of benzene rings is 1. The van der Waals surface area contributed by atoms with Gasteiger partial charge < -0.3 is 5.32 Å². The Morgan fingerprint density at radius 3 is 2.53 bits per heavy atom. The summed E-state index contributed by atoms with van der Waals surface area (Å²) < 4.78 is 23.1. The van der Waals surface area contributed by atoms with Crippen molar-refractivity contribution in [3.05, 3.63) is 24.3 Å². The van der Waals surface area contributed by atoms with E-state index in [9.17, 15) is 8.42 Å². The first-order valence-corrected chi connectivity index (χ1v) is 8.92. The van der Waals surface area contributed by atoms with Gasteiger partial charge in [0.25, 0.3) is 0 Å². The Balaban J connectivity index is 2.06. The second-order valence-corrected chi connectivity index (χ2v) is 7.65. The number of anilines is 1. The normalized spacial score (nSPS) is 19.1. The van der Waals surface area contributed by atoms with E-state index in [2.05, 4.69) is 12.2 Å². The summed E-state index contributed by atoms with van der Waals surface area (Å²) in [6.45, 7) is 2.20. The maximum atomic E-state index is 11.5. The molecule has 0 aromatic heterocycles. The topological polar surface area (TPSA) is 46.2 Å². The van der Waals surface area contributed by atoms with Gasteiger partial charge in [0.05, 0.1) is 4.90 Å². The summed E-state index contributed by atoms with van der Waals surface area (Å²) in [5, 5.41) is 3.46. The quantitative estimate of drug-likeness (QED) is 0.919. The predicted octanol–water partition coefficient (Wildman–Crippen LogP) is 3.47. The van der Waals surface area contributed by atoms with Crippen molar-refractivity contribution < 1.29 is 8.42 Å². The molecule has 19 heavy (non-hydrogen) atoms. The Morgan fingerprint density at radius 1 is 1.21 bits per heavy atom. The number of sulfone groups is 1. The van der Waals surface area contributed by atoms with Crippen molar-refractivity contribution in [2.75, 3.05) is 11.6 Å². The molecule has 0 saturated heterocycles. The summed E-state index contributed by atoms with van der Waals surface area (Å²) in [7, 11) is -3.13. The second kappa shape index (κ2) is 5.95. The number of hydrogen-bond donors (Lipinski definition) is 1. The third-order valence-corrected chi connectivity index (χ3v) is 5.12. The lowest BCUT2D eigenvalue weighted by Gasteiger charge is -2.29. The summed E-state index contributed by atoms with van der Waals surface area (Å²) in [6, 6.07) is 7.51. The zero-order valence-electron chi connectivity index (χ0n) is 11.7. The van der Waals surface area contributed by atoms with E-state index in [1.165, 1.54) is 38.4 Å². The largest absolute Gasteiger partial charge is 0.382 e. The molecule has 0 heterocycles. The first kappa shape index (κ1) is 14.4. The van der Waals surface area contributed by atoms with Crippen LogP contribution in [0.1, 0.15) is 39.0 Å². The minimum Gasteiger partial charge on any atom is -0.382 e. The summed E-state index contributed by atoms with van der Waals surface area (Å²) in [4.78, 5) is 0.383. The fourth-order valence-electron chi connectivity index (χ4n) is 2.83. The van der Waals surface area contributed by atoms with Crippen LogP contribution in [0.25, 0.3) is 0 Å². The van der Waals surface area contributed by atoms with Crippen LogP contribution >= 0.6 is 0 Å². The van der Waals surface area contributed by atoms with Gasteiger partial charge in [0, 0.05) is 18.0 Å². The molecule has 3 nitrogen and oxygen atoms in total. The molecule has 1 N–H and O–H groups in total. The zero-order chi connectivity index (χ0) is 13.9. The molecule has 2 rings (SSSR count). The summed E-state index contributed by atoms with van der Waals surface area (Å²) in [6.07, 6.45) is 7.80. The van der Waals surface area contributed by atoms with Crippen molar-refractivity contribution in [2.45, 2.75) is 50.0 Å². The summed E-state index contributed by atoms with van der Waals surface area (Å²) in [5.74, 6) is 0.704. The molecule has 1 aromatic rings. The van der Waals surface area contributed by atoms with E-state index >= 15 is 0 Å². The maximum Gasteiger partial charge on any atom is 0.175 e. The molecular weight excluding hydrogens is 258 g/mol. The van der Waals surface area contributed by atoms with Crippen LogP contribution in [-0.2, 0) is 9.84 Å². The molecule has 0 aliphatic heterocycles. The molecule has 1 fully saturated rings. The highest BCUT2D eigenvalue weighted by Crippen LogP contribution is 2.28. The lowest BCUT2D eigenvalue weighted by molar-refractivity contribution is 0.328. The second-order valence-electron chi connectivity index (χ2n) is 5.63. The van der Waals surface area contributed by atoms with Crippen molar-refractivity contribution in [3.8, 4) is 0 Å². The first-order chi connectivity index (χ1) is 8.97. The van der Waals surface area contributed by atoms with E-state index in [0.717, 1.165) is 5.69 Å². The lowest BCUT2D eigenvalue weighted by atomic mass is 9.84. The van der Waals surface area contributed by atoms with Crippen molar-refractivity contribution >= 4 is 15.5 Å². The van der Waals surface area contributed by atoms with Crippen LogP contribution in [0, 0.1) is 5.92 Å². The van der Waals surface area contributed by atoms with Crippen LogP contribution < -0.4 is 5.32 Å². The van der Waals surface area contributed by atoms with Gasteiger partial charge in [-0.05, 0) is 43.9 Å². The fourth-order valence-corrected chi connectivity index (χ4v) is 3.50. The van der Waals surface area contributed by atoms with Crippen molar-refractivity contribution in [1.29, 1.82) is 0 Å². The van der Waals surface area contributed by atoms with E-state index in [0.29, 0.717) is 16.9 Å². The Hall–Kier alpha value is -1.03. The van der Waals surface area contributed by atoms with Gasteiger partial charge in [0.1, 0.15) is 0 Å². The van der Waals surface area contributed by atoms with Gasteiger partial charge in [-0.25, -0.2) is 8.42 Å². The molecule has 4 heteroatoms. The fraction of sp³-hybridized carbons (Fsp3) is 0.600. The Kier molecular flexibility index (Phi) is 4.50. The first-order valence-electron chi connectivity index (χ1n) is 7.03. The molecule has 1 unspecified atom stereocenters. The average molecular weight is 281 g/mol. The van der Waals surface area contributed by atoms with Gasteiger partial charge in [-0.15, -0.1) is 0 Å². The third kappa shape index (κ3) is 3.96. The van der Waals surface area contributed by atoms with Crippen LogP contribution in [-0.4, -0.2) is 20.7 Å². The van der Waals surface area contributed by atoms with Crippen molar-refractivity contribution in [1.82, 2.24) is 0 Å². The van der Waals surface area contributed by atoms with Gasteiger partial charge in [-0.2, -0.15) is 0 Å². The Labute approximate surface area is 116 Å². The average Bonchev–Trinajstić information content (AvgIpc) is 2.39. The molecule has 1 aliphatic carbocycles. The van der Waals surface area contributed by atoms with Crippen LogP contribution in [0.2, 0.25) is 0 Å². The van der Waals surface area contributed by atoms with Crippen LogP contribution in [0.5, 0.6) is 0 Å². The van der Waals surface area contributed by atoms with Crippen LogP contribution in [0.15, 0.2) is 29.2 Å².